The van der Waals surface area contributed by atoms with Crippen molar-refractivity contribution in [3.63, 3.8) is 0 Å². The molecule has 2 aromatic carbocycles. The van der Waals surface area contributed by atoms with Crippen LogP contribution in [0.5, 0.6) is 5.75 Å². The topological polar surface area (TPSA) is 73.3 Å². The molecule has 1 fully saturated rings. The van der Waals surface area contributed by atoms with Crippen molar-refractivity contribution in [1.29, 1.82) is 0 Å². The molecule has 1 unspecified atom stereocenters. The van der Waals surface area contributed by atoms with Crippen LogP contribution in [-0.2, 0) is 15.0 Å². The predicted molar refractivity (Wildman–Crippen MR) is 154 cm³/mol. The molecule has 0 radical (unpaired) electrons. The molecule has 0 aliphatic carbocycles. The summed E-state index contributed by atoms with van der Waals surface area (Å²) in [6.45, 7) is 13.4. The van der Waals surface area contributed by atoms with Crippen molar-refractivity contribution in [2.75, 3.05) is 52.3 Å². The number of carbonyl (C=O) groups is 2. The summed E-state index contributed by atoms with van der Waals surface area (Å²) in [6.07, 6.45) is 0.713. The molecule has 2 aromatic rings. The number of rotatable bonds is 10. The van der Waals surface area contributed by atoms with E-state index in [2.05, 4.69) is 44.4 Å². The number of aliphatic hydroxyl groups is 1. The van der Waals surface area contributed by atoms with E-state index in [9.17, 15) is 14.7 Å². The highest BCUT2D eigenvalue weighted by molar-refractivity contribution is 6.46. The summed E-state index contributed by atoms with van der Waals surface area (Å²) in [5.41, 5.74) is 3.15. The van der Waals surface area contributed by atoms with Crippen LogP contribution in [0.25, 0.3) is 5.76 Å². The van der Waals surface area contributed by atoms with Crippen LogP contribution in [0.3, 0.4) is 0 Å². The Kier molecular flexibility index (Phi) is 9.26. The van der Waals surface area contributed by atoms with Gasteiger partial charge in [-0.1, -0.05) is 32.9 Å². The molecule has 0 bridgehead atoms. The van der Waals surface area contributed by atoms with Gasteiger partial charge in [-0.2, -0.15) is 0 Å². The average molecular weight is 522 g/mol. The number of anilines is 1. The number of aliphatic hydroxyl groups excluding tert-OH is 1. The van der Waals surface area contributed by atoms with Crippen LogP contribution < -0.4 is 9.64 Å². The second-order valence-electron chi connectivity index (χ2n) is 11.1. The molecule has 1 atom stereocenters. The van der Waals surface area contributed by atoms with E-state index in [4.69, 9.17) is 4.74 Å². The zero-order chi connectivity index (χ0) is 28.2. The van der Waals surface area contributed by atoms with Gasteiger partial charge >= 0.3 is 0 Å². The first-order chi connectivity index (χ1) is 17.9. The highest BCUT2D eigenvalue weighted by Crippen LogP contribution is 2.41. The lowest BCUT2D eigenvalue weighted by Crippen LogP contribution is -2.32. The third-order valence-electron chi connectivity index (χ3n) is 7.16. The minimum Gasteiger partial charge on any atom is -0.507 e. The highest BCUT2D eigenvalue weighted by Gasteiger charge is 2.46. The molecule has 206 valence electrons. The van der Waals surface area contributed by atoms with Gasteiger partial charge in [-0.15, -0.1) is 0 Å². The summed E-state index contributed by atoms with van der Waals surface area (Å²) < 4.78 is 5.56. The zero-order valence-corrected chi connectivity index (χ0v) is 24.2. The fourth-order valence-electron chi connectivity index (χ4n) is 5.07. The predicted octanol–water partition coefficient (Wildman–Crippen LogP) is 5.21. The molecule has 0 spiro atoms. The minimum absolute atomic E-state index is 0.125. The summed E-state index contributed by atoms with van der Waals surface area (Å²) >= 11 is 0. The van der Waals surface area contributed by atoms with E-state index in [0.717, 1.165) is 36.4 Å². The maximum absolute atomic E-state index is 13.4. The van der Waals surface area contributed by atoms with Gasteiger partial charge in [0.05, 0.1) is 18.7 Å². The van der Waals surface area contributed by atoms with Crippen molar-refractivity contribution in [1.82, 2.24) is 9.80 Å². The summed E-state index contributed by atoms with van der Waals surface area (Å²) in [5, 5.41) is 11.6. The number of benzene rings is 2. The smallest absolute Gasteiger partial charge is 0.295 e. The van der Waals surface area contributed by atoms with E-state index in [0.29, 0.717) is 24.3 Å². The van der Waals surface area contributed by atoms with Crippen LogP contribution in [-0.4, -0.2) is 74.0 Å². The summed E-state index contributed by atoms with van der Waals surface area (Å²) in [4.78, 5) is 32.6. The van der Waals surface area contributed by atoms with Crippen LogP contribution >= 0.6 is 0 Å². The number of hydrogen-bond donors (Lipinski definition) is 1. The quantitative estimate of drug-likeness (QED) is 0.263. The summed E-state index contributed by atoms with van der Waals surface area (Å²) in [6, 6.07) is 12.7. The van der Waals surface area contributed by atoms with Gasteiger partial charge in [0.15, 0.2) is 0 Å². The standard InChI is InChI=1S/C31H43N3O4/c1-9-33(10-2)23-15-12-21(13-16-23)27-26(29(36)30(37)34(27)19-11-18-32(6)7)28(35)22-14-17-25(38-8)24(20-22)31(3,4)5/h12-17,20,27,35H,9-11,18-19H2,1-8H3/b28-26-. The summed E-state index contributed by atoms with van der Waals surface area (Å²) in [7, 11) is 5.58. The minimum atomic E-state index is -0.664. The molecule has 7 heteroatoms. The number of methoxy groups -OCH3 is 1. The van der Waals surface area contributed by atoms with E-state index in [1.807, 2.05) is 44.4 Å². The molecule has 1 N–H and O–H groups in total. The Morgan fingerprint density at radius 2 is 1.66 bits per heavy atom. The highest BCUT2D eigenvalue weighted by atomic mass is 16.5. The molecule has 1 amide bonds. The molecule has 38 heavy (non-hydrogen) atoms. The number of Topliss-reactive ketones (excluding diaryl/α,β-unsaturated/α-hetero) is 1. The first-order valence-corrected chi connectivity index (χ1v) is 13.4. The Morgan fingerprint density at radius 3 is 2.18 bits per heavy atom. The normalized spacial score (nSPS) is 17.4. The van der Waals surface area contributed by atoms with Crippen LogP contribution in [0, 0.1) is 0 Å². The van der Waals surface area contributed by atoms with Gasteiger partial charge in [0.25, 0.3) is 11.7 Å². The first-order valence-electron chi connectivity index (χ1n) is 13.4. The monoisotopic (exact) mass is 521 g/mol. The lowest BCUT2D eigenvalue weighted by molar-refractivity contribution is -0.139. The van der Waals surface area contributed by atoms with Crippen molar-refractivity contribution in [2.24, 2.45) is 0 Å². The second-order valence-corrected chi connectivity index (χ2v) is 11.1. The Balaban J connectivity index is 2.15. The number of amides is 1. The number of carbonyl (C=O) groups excluding carboxylic acids is 2. The van der Waals surface area contributed by atoms with E-state index in [1.54, 1.807) is 24.1 Å². The third-order valence-corrected chi connectivity index (χ3v) is 7.16. The van der Waals surface area contributed by atoms with Gasteiger partial charge in [-0.05, 0) is 82.2 Å². The molecule has 1 saturated heterocycles. The van der Waals surface area contributed by atoms with Crippen molar-refractivity contribution in [2.45, 2.75) is 52.5 Å². The van der Waals surface area contributed by atoms with Crippen LogP contribution in [0.1, 0.15) is 63.8 Å². The second kappa shape index (κ2) is 12.0. The molecular weight excluding hydrogens is 478 g/mol. The molecule has 3 rings (SSSR count). The first kappa shape index (κ1) is 29.2. The average Bonchev–Trinajstić information content (AvgIpc) is 3.13. The van der Waals surface area contributed by atoms with Gasteiger partial charge in [-0.25, -0.2) is 0 Å². The molecular formula is C31H43N3O4. The number of ether oxygens (including phenoxy) is 1. The molecule has 0 saturated carbocycles. The number of ketones is 1. The number of nitrogens with zero attached hydrogens (tertiary/aromatic N) is 3. The fourth-order valence-corrected chi connectivity index (χ4v) is 5.07. The lowest BCUT2D eigenvalue weighted by atomic mass is 9.84. The van der Waals surface area contributed by atoms with E-state index in [-0.39, 0.29) is 16.7 Å². The lowest BCUT2D eigenvalue weighted by Gasteiger charge is -2.27. The molecule has 0 aromatic heterocycles. The van der Waals surface area contributed by atoms with Gasteiger partial charge in [-0.3, -0.25) is 9.59 Å². The Hall–Kier alpha value is -3.32. The number of hydrogen-bond acceptors (Lipinski definition) is 6. The Bertz CT molecular complexity index is 1170. The van der Waals surface area contributed by atoms with Gasteiger partial charge in [0, 0.05) is 36.4 Å². The number of likely N-dealkylation sites (tertiary alicyclic amines) is 1. The maximum Gasteiger partial charge on any atom is 0.295 e. The van der Waals surface area contributed by atoms with Crippen molar-refractivity contribution >= 4 is 23.1 Å². The molecule has 1 heterocycles. The van der Waals surface area contributed by atoms with Crippen LogP contribution in [0.15, 0.2) is 48.0 Å². The van der Waals surface area contributed by atoms with E-state index < -0.39 is 17.7 Å². The van der Waals surface area contributed by atoms with Gasteiger partial charge in [0.1, 0.15) is 11.5 Å². The van der Waals surface area contributed by atoms with Crippen molar-refractivity contribution < 1.29 is 19.4 Å². The van der Waals surface area contributed by atoms with Gasteiger partial charge < -0.3 is 24.5 Å². The third kappa shape index (κ3) is 6.04. The molecule has 1 aliphatic heterocycles. The van der Waals surface area contributed by atoms with Crippen molar-refractivity contribution in [3.8, 4) is 5.75 Å². The Morgan fingerprint density at radius 1 is 1.03 bits per heavy atom. The molecule has 1 aliphatic rings. The molecule has 7 nitrogen and oxygen atoms in total. The fraction of sp³-hybridized carbons (Fsp3) is 0.484. The van der Waals surface area contributed by atoms with E-state index >= 15 is 0 Å². The largest absolute Gasteiger partial charge is 0.507 e. The maximum atomic E-state index is 13.4. The SMILES string of the molecule is CCN(CC)c1ccc(C2/C(=C(/O)c3ccc(OC)c(C(C)(C)C)c3)C(=O)C(=O)N2CCCN(C)C)cc1. The summed E-state index contributed by atoms with van der Waals surface area (Å²) in [5.74, 6) is -0.683. The van der Waals surface area contributed by atoms with Gasteiger partial charge in [0.2, 0.25) is 0 Å². The Labute approximate surface area is 227 Å². The van der Waals surface area contributed by atoms with Crippen LogP contribution in [0.4, 0.5) is 5.69 Å². The van der Waals surface area contributed by atoms with Crippen molar-refractivity contribution in [3.05, 3.63) is 64.7 Å². The van der Waals surface area contributed by atoms with E-state index in [1.165, 1.54) is 0 Å². The van der Waals surface area contributed by atoms with Crippen LogP contribution in [0.2, 0.25) is 0 Å². The zero-order valence-electron chi connectivity index (χ0n) is 24.2.